The molecule has 0 spiro atoms. The molecular formula is C45H31BN2O4. The van der Waals surface area contributed by atoms with Crippen LogP contribution in [0.15, 0.2) is 146 Å². The van der Waals surface area contributed by atoms with Crippen LogP contribution in [0.5, 0.6) is 23.0 Å². The van der Waals surface area contributed by atoms with Crippen LogP contribution in [0.3, 0.4) is 0 Å². The predicted molar refractivity (Wildman–Crippen MR) is 208 cm³/mol. The van der Waals surface area contributed by atoms with Crippen LogP contribution in [-0.2, 0) is 0 Å². The van der Waals surface area contributed by atoms with Crippen molar-refractivity contribution < 1.29 is 18.9 Å². The van der Waals surface area contributed by atoms with E-state index in [9.17, 15) is 0 Å². The molecule has 4 aliphatic rings. The Morgan fingerprint density at radius 2 is 0.885 bits per heavy atom. The first-order valence-corrected chi connectivity index (χ1v) is 17.6. The van der Waals surface area contributed by atoms with Crippen LogP contribution in [0.25, 0.3) is 22.3 Å². The first-order valence-electron chi connectivity index (χ1n) is 17.6. The van der Waals surface area contributed by atoms with E-state index in [4.69, 9.17) is 18.9 Å². The van der Waals surface area contributed by atoms with Crippen molar-refractivity contribution in [2.45, 2.75) is 6.92 Å². The van der Waals surface area contributed by atoms with Crippen LogP contribution in [-0.4, -0.2) is 20.3 Å². The highest BCUT2D eigenvalue weighted by molar-refractivity contribution is 7.00. The molecule has 0 aromatic heterocycles. The van der Waals surface area contributed by atoms with Gasteiger partial charge < -0.3 is 28.7 Å². The monoisotopic (exact) mass is 674 g/mol. The van der Waals surface area contributed by atoms with Gasteiger partial charge >= 0.3 is 0 Å². The third kappa shape index (κ3) is 4.26. The number of aryl methyl sites for hydroxylation is 1. The minimum absolute atomic E-state index is 0.0979. The zero-order valence-electron chi connectivity index (χ0n) is 28.4. The van der Waals surface area contributed by atoms with Gasteiger partial charge in [0, 0.05) is 22.7 Å². The van der Waals surface area contributed by atoms with Gasteiger partial charge in [0.15, 0.2) is 23.0 Å². The van der Waals surface area contributed by atoms with Crippen LogP contribution in [0.1, 0.15) is 5.56 Å². The lowest BCUT2D eigenvalue weighted by Gasteiger charge is -2.44. The molecule has 0 atom stereocenters. The summed E-state index contributed by atoms with van der Waals surface area (Å²) >= 11 is 0. The van der Waals surface area contributed by atoms with E-state index in [1.165, 1.54) is 27.7 Å². The molecular weight excluding hydrogens is 643 g/mol. The van der Waals surface area contributed by atoms with Gasteiger partial charge in [0.2, 0.25) is 13.6 Å². The lowest BCUT2D eigenvalue weighted by molar-refractivity contribution is 0.174. The Morgan fingerprint density at radius 3 is 1.33 bits per heavy atom. The number of hydrogen-bond donors (Lipinski definition) is 0. The van der Waals surface area contributed by atoms with Gasteiger partial charge in [0.1, 0.15) is 0 Å². The Balaban J connectivity index is 1.16. The average Bonchev–Trinajstić information content (AvgIpc) is 3.89. The summed E-state index contributed by atoms with van der Waals surface area (Å²) in [6.45, 7) is 2.45. The summed E-state index contributed by atoms with van der Waals surface area (Å²) in [6, 6.07) is 51.8. The summed E-state index contributed by atoms with van der Waals surface area (Å²) < 4.78 is 24.6. The highest BCUT2D eigenvalue weighted by Crippen LogP contribution is 2.53. The molecule has 0 N–H and O–H groups in total. The lowest BCUT2D eigenvalue weighted by Crippen LogP contribution is -2.61. The first-order chi connectivity index (χ1) is 25.7. The molecule has 0 bridgehead atoms. The SMILES string of the molecule is Cc1cc2c3c(c1)N(c1ccc(-c4ccccc4)cc1)c1c(ccc4c1OCO4)B3c1ccc3c(c1N2c1ccc(-c2ccccc2)cc1)OCO3. The molecule has 11 rings (SSSR count). The molecule has 7 aromatic carbocycles. The molecule has 0 saturated heterocycles. The van der Waals surface area contributed by atoms with Crippen LogP contribution < -0.4 is 45.1 Å². The predicted octanol–water partition coefficient (Wildman–Crippen LogP) is 8.87. The summed E-state index contributed by atoms with van der Waals surface area (Å²) in [4.78, 5) is 4.74. The standard InChI is InChI=1S/C45H31BN2O4/c1-28-24-37-41-38(25-28)48(34-18-14-32(15-19-34)30-10-6-3-7-11-30)43-36(21-23-40-45(43)52-27-50-40)46(41)35-20-22-39-44(51-26-49-39)42(35)47(37)33-16-12-31(13-17-33)29-8-4-2-5-9-29/h2-25H,26-27H2,1H3. The number of nitrogens with zero attached hydrogens (tertiary/aromatic N) is 2. The Morgan fingerprint density at radius 1 is 0.462 bits per heavy atom. The summed E-state index contributed by atoms with van der Waals surface area (Å²) in [5.74, 6) is 3.03. The van der Waals surface area contributed by atoms with E-state index in [0.29, 0.717) is 0 Å². The largest absolute Gasteiger partial charge is 0.454 e. The van der Waals surface area contributed by atoms with Crippen LogP contribution in [0.2, 0.25) is 0 Å². The molecule has 7 aromatic rings. The average molecular weight is 675 g/mol. The maximum atomic E-state index is 6.31. The van der Waals surface area contributed by atoms with E-state index in [-0.39, 0.29) is 20.3 Å². The van der Waals surface area contributed by atoms with E-state index in [2.05, 4.69) is 162 Å². The van der Waals surface area contributed by atoms with Crippen LogP contribution in [0.4, 0.5) is 34.1 Å². The van der Waals surface area contributed by atoms with Crippen molar-refractivity contribution in [3.63, 3.8) is 0 Å². The molecule has 4 heterocycles. The highest BCUT2D eigenvalue weighted by atomic mass is 16.7. The molecule has 0 unspecified atom stereocenters. The highest BCUT2D eigenvalue weighted by Gasteiger charge is 2.47. The maximum Gasteiger partial charge on any atom is 0.252 e. The smallest absolute Gasteiger partial charge is 0.252 e. The fraction of sp³-hybridized carbons (Fsp3) is 0.0667. The summed E-state index contributed by atoms with van der Waals surface area (Å²) in [5, 5.41) is 0. The number of ether oxygens (including phenoxy) is 4. The number of hydrogen-bond acceptors (Lipinski definition) is 6. The van der Waals surface area contributed by atoms with E-state index in [0.717, 1.165) is 73.6 Å². The maximum absolute atomic E-state index is 6.31. The normalized spacial score (nSPS) is 14.2. The molecule has 248 valence electrons. The second-order valence-corrected chi connectivity index (χ2v) is 13.6. The zero-order valence-corrected chi connectivity index (χ0v) is 28.4. The van der Waals surface area contributed by atoms with Gasteiger partial charge in [0.05, 0.1) is 11.4 Å². The Hall–Kier alpha value is -6.60. The second kappa shape index (κ2) is 11.2. The quantitative estimate of drug-likeness (QED) is 0.174. The molecule has 52 heavy (non-hydrogen) atoms. The van der Waals surface area contributed by atoms with Gasteiger partial charge in [-0.15, -0.1) is 0 Å². The number of fused-ring (bicyclic) bond motifs is 8. The van der Waals surface area contributed by atoms with E-state index < -0.39 is 0 Å². The van der Waals surface area contributed by atoms with Gasteiger partial charge in [-0.3, -0.25) is 0 Å². The molecule has 6 nitrogen and oxygen atoms in total. The van der Waals surface area contributed by atoms with Crippen LogP contribution >= 0.6 is 0 Å². The van der Waals surface area contributed by atoms with Gasteiger partial charge in [0.25, 0.3) is 6.71 Å². The summed E-state index contributed by atoms with van der Waals surface area (Å²) in [7, 11) is 0. The Labute approximate surface area is 302 Å². The molecule has 7 heteroatoms. The molecule has 0 saturated carbocycles. The number of benzene rings is 7. The molecule has 0 fully saturated rings. The van der Waals surface area contributed by atoms with Crippen molar-refractivity contribution in [3.8, 4) is 45.3 Å². The van der Waals surface area contributed by atoms with Crippen molar-refractivity contribution in [2.75, 3.05) is 23.4 Å². The van der Waals surface area contributed by atoms with Crippen molar-refractivity contribution in [2.24, 2.45) is 0 Å². The van der Waals surface area contributed by atoms with Crippen molar-refractivity contribution in [3.05, 3.63) is 151 Å². The van der Waals surface area contributed by atoms with Gasteiger partial charge in [-0.2, -0.15) is 0 Å². The first kappa shape index (κ1) is 29.2. The third-order valence-corrected chi connectivity index (χ3v) is 10.7. The Bertz CT molecular complexity index is 2370. The van der Waals surface area contributed by atoms with Crippen molar-refractivity contribution in [1.29, 1.82) is 0 Å². The number of rotatable bonds is 4. The lowest BCUT2D eigenvalue weighted by atomic mass is 9.33. The van der Waals surface area contributed by atoms with Gasteiger partial charge in [-0.05, 0) is 99.7 Å². The minimum Gasteiger partial charge on any atom is -0.454 e. The van der Waals surface area contributed by atoms with Crippen LogP contribution in [0, 0.1) is 6.92 Å². The molecule has 0 aliphatic carbocycles. The fourth-order valence-electron chi connectivity index (χ4n) is 8.42. The number of anilines is 6. The summed E-state index contributed by atoms with van der Waals surface area (Å²) in [5.41, 5.74) is 15.7. The Kier molecular flexibility index (Phi) is 6.28. The minimum atomic E-state index is -0.0979. The third-order valence-electron chi connectivity index (χ3n) is 10.7. The molecule has 4 aliphatic heterocycles. The fourth-order valence-corrected chi connectivity index (χ4v) is 8.42. The summed E-state index contributed by atoms with van der Waals surface area (Å²) in [6.07, 6.45) is 0. The molecule has 0 amide bonds. The topological polar surface area (TPSA) is 43.4 Å². The van der Waals surface area contributed by atoms with Gasteiger partial charge in [-0.1, -0.05) is 97.1 Å². The van der Waals surface area contributed by atoms with E-state index in [1.807, 2.05) is 0 Å². The van der Waals surface area contributed by atoms with Gasteiger partial charge in [-0.25, -0.2) is 0 Å². The van der Waals surface area contributed by atoms with E-state index >= 15 is 0 Å². The zero-order chi connectivity index (χ0) is 34.3. The molecule has 0 radical (unpaired) electrons. The van der Waals surface area contributed by atoms with E-state index in [1.54, 1.807) is 0 Å². The van der Waals surface area contributed by atoms with Crippen molar-refractivity contribution >= 4 is 57.2 Å². The second-order valence-electron chi connectivity index (χ2n) is 13.6. The van der Waals surface area contributed by atoms with Crippen molar-refractivity contribution in [1.82, 2.24) is 0 Å².